The molecule has 0 saturated carbocycles. The first-order valence-electron chi connectivity index (χ1n) is 6.19. The quantitative estimate of drug-likeness (QED) is 0.679. The molecule has 0 amide bonds. The first-order chi connectivity index (χ1) is 9.34. The summed E-state index contributed by atoms with van der Waals surface area (Å²) in [6.45, 7) is 3.39. The van der Waals surface area contributed by atoms with Gasteiger partial charge in [-0.3, -0.25) is 4.79 Å². The molecule has 0 heterocycles. The van der Waals surface area contributed by atoms with Crippen LogP contribution in [-0.2, 0) is 5.41 Å². The fourth-order valence-corrected chi connectivity index (χ4v) is 2.25. The molecule has 2 N–H and O–H groups in total. The van der Waals surface area contributed by atoms with Crippen LogP contribution in [0.2, 0.25) is 5.02 Å². The molecular formula is C16H15ClFNO. The van der Waals surface area contributed by atoms with Crippen LogP contribution in [0.1, 0.15) is 29.8 Å². The lowest BCUT2D eigenvalue weighted by Gasteiger charge is -2.24. The second-order valence-electron chi connectivity index (χ2n) is 5.17. The van der Waals surface area contributed by atoms with Crippen LogP contribution in [0.4, 0.5) is 10.1 Å². The van der Waals surface area contributed by atoms with E-state index in [9.17, 15) is 9.18 Å². The van der Waals surface area contributed by atoms with Gasteiger partial charge in [-0.05, 0) is 38.1 Å². The molecule has 0 aliphatic carbocycles. The minimum absolute atomic E-state index is 0.203. The van der Waals surface area contributed by atoms with Gasteiger partial charge in [0.05, 0.1) is 16.1 Å². The number of anilines is 1. The summed E-state index contributed by atoms with van der Waals surface area (Å²) in [6, 6.07) is 11.0. The highest BCUT2D eigenvalue weighted by Gasteiger charge is 2.33. The van der Waals surface area contributed by atoms with Gasteiger partial charge in [-0.2, -0.15) is 0 Å². The third-order valence-corrected chi connectivity index (χ3v) is 3.72. The molecule has 0 unspecified atom stereocenters. The molecule has 0 aromatic heterocycles. The Morgan fingerprint density at radius 2 is 1.85 bits per heavy atom. The van der Waals surface area contributed by atoms with Gasteiger partial charge in [0.25, 0.3) is 0 Å². The molecule has 0 aliphatic heterocycles. The van der Waals surface area contributed by atoms with Crippen molar-refractivity contribution in [3.63, 3.8) is 0 Å². The van der Waals surface area contributed by atoms with Crippen molar-refractivity contribution in [1.82, 2.24) is 0 Å². The van der Waals surface area contributed by atoms with Crippen LogP contribution in [-0.4, -0.2) is 5.78 Å². The van der Waals surface area contributed by atoms with Crippen LogP contribution in [0.3, 0.4) is 0 Å². The fourth-order valence-electron chi connectivity index (χ4n) is 2.14. The van der Waals surface area contributed by atoms with Crippen LogP contribution in [0.5, 0.6) is 0 Å². The number of carbonyl (C=O) groups excluding carboxylic acids is 1. The Hall–Kier alpha value is -1.87. The lowest BCUT2D eigenvalue weighted by atomic mass is 9.77. The van der Waals surface area contributed by atoms with E-state index >= 15 is 0 Å². The molecule has 20 heavy (non-hydrogen) atoms. The topological polar surface area (TPSA) is 43.1 Å². The Balaban J connectivity index is 2.46. The van der Waals surface area contributed by atoms with Crippen molar-refractivity contribution in [3.8, 4) is 0 Å². The minimum atomic E-state index is -0.981. The highest BCUT2D eigenvalue weighted by molar-refractivity contribution is 6.33. The summed E-state index contributed by atoms with van der Waals surface area (Å²) >= 11 is 5.85. The maximum Gasteiger partial charge on any atom is 0.172 e. The first kappa shape index (κ1) is 14.5. The second kappa shape index (κ2) is 5.25. The summed E-state index contributed by atoms with van der Waals surface area (Å²) in [5.74, 6) is -0.598. The Bertz CT molecular complexity index is 667. The lowest BCUT2D eigenvalue weighted by Crippen LogP contribution is -2.30. The van der Waals surface area contributed by atoms with E-state index in [-0.39, 0.29) is 5.78 Å². The lowest BCUT2D eigenvalue weighted by molar-refractivity contribution is 0.0906. The van der Waals surface area contributed by atoms with Crippen LogP contribution in [0.15, 0.2) is 42.5 Å². The van der Waals surface area contributed by atoms with Crippen LogP contribution in [0, 0.1) is 5.82 Å². The average Bonchev–Trinajstić information content (AvgIpc) is 2.41. The van der Waals surface area contributed by atoms with Crippen LogP contribution in [0.25, 0.3) is 0 Å². The maximum absolute atomic E-state index is 13.9. The van der Waals surface area contributed by atoms with Crippen molar-refractivity contribution in [2.45, 2.75) is 19.3 Å². The molecule has 2 rings (SSSR count). The number of nitrogen functional groups attached to an aromatic ring is 1. The van der Waals surface area contributed by atoms with E-state index in [1.165, 1.54) is 12.1 Å². The number of hydrogen-bond acceptors (Lipinski definition) is 2. The van der Waals surface area contributed by atoms with Gasteiger partial charge in [-0.25, -0.2) is 4.39 Å². The Labute approximate surface area is 122 Å². The van der Waals surface area contributed by atoms with E-state index in [1.807, 2.05) is 0 Å². The van der Waals surface area contributed by atoms with Gasteiger partial charge >= 0.3 is 0 Å². The molecule has 0 bridgehead atoms. The molecular weight excluding hydrogens is 277 g/mol. The number of ketones is 1. The van der Waals surface area contributed by atoms with E-state index in [2.05, 4.69) is 0 Å². The Morgan fingerprint density at radius 1 is 1.20 bits per heavy atom. The summed E-state index contributed by atoms with van der Waals surface area (Å²) in [5.41, 5.74) is 5.84. The van der Waals surface area contributed by atoms with Crippen LogP contribution < -0.4 is 5.73 Å². The molecule has 0 aliphatic rings. The molecule has 2 aromatic rings. The zero-order valence-electron chi connectivity index (χ0n) is 11.3. The number of hydrogen-bond donors (Lipinski definition) is 1. The third kappa shape index (κ3) is 2.54. The monoisotopic (exact) mass is 291 g/mol. The fraction of sp³-hybridized carbons (Fsp3) is 0.188. The Kier molecular flexibility index (Phi) is 3.82. The van der Waals surface area contributed by atoms with Gasteiger partial charge < -0.3 is 5.73 Å². The zero-order chi connectivity index (χ0) is 14.9. The van der Waals surface area contributed by atoms with Gasteiger partial charge in [-0.15, -0.1) is 0 Å². The molecule has 0 atom stereocenters. The predicted octanol–water partition coefficient (Wildman–Crippen LogP) is 4.22. The second-order valence-corrected chi connectivity index (χ2v) is 5.58. The molecule has 104 valence electrons. The summed E-state index contributed by atoms with van der Waals surface area (Å²) in [5, 5.41) is 0.394. The van der Waals surface area contributed by atoms with Gasteiger partial charge in [0.2, 0.25) is 0 Å². The van der Waals surface area contributed by atoms with Crippen molar-refractivity contribution in [2.24, 2.45) is 0 Å². The molecule has 0 fully saturated rings. The molecule has 4 heteroatoms. The number of Topliss-reactive ketones (excluding diaryl/α,β-unsaturated/α-hetero) is 1. The van der Waals surface area contributed by atoms with Crippen LogP contribution >= 0.6 is 11.6 Å². The largest absolute Gasteiger partial charge is 0.398 e. The average molecular weight is 292 g/mol. The van der Waals surface area contributed by atoms with Crippen molar-refractivity contribution < 1.29 is 9.18 Å². The molecule has 2 aromatic carbocycles. The van der Waals surface area contributed by atoms with Gasteiger partial charge in [0.1, 0.15) is 5.82 Å². The summed E-state index contributed by atoms with van der Waals surface area (Å²) in [7, 11) is 0. The summed E-state index contributed by atoms with van der Waals surface area (Å²) in [4.78, 5) is 12.6. The van der Waals surface area contributed by atoms with Crippen molar-refractivity contribution >= 4 is 23.1 Å². The van der Waals surface area contributed by atoms with Gasteiger partial charge in [-0.1, -0.05) is 29.8 Å². The van der Waals surface area contributed by atoms with E-state index in [4.69, 9.17) is 17.3 Å². The molecule has 0 spiro atoms. The van der Waals surface area contributed by atoms with Crippen molar-refractivity contribution in [2.75, 3.05) is 5.73 Å². The normalized spacial score (nSPS) is 11.4. The number of benzene rings is 2. The standard InChI is InChI=1S/C16H15ClFNO/c1-16(2,11-5-3-4-6-13(11)18)15(20)10-7-8-12(17)14(19)9-10/h3-9H,19H2,1-2H3. The number of nitrogens with two attached hydrogens (primary N) is 1. The number of rotatable bonds is 3. The van der Waals surface area contributed by atoms with E-state index in [1.54, 1.807) is 44.2 Å². The highest BCUT2D eigenvalue weighted by atomic mass is 35.5. The van der Waals surface area contributed by atoms with E-state index in [0.717, 1.165) is 0 Å². The van der Waals surface area contributed by atoms with E-state index < -0.39 is 11.2 Å². The van der Waals surface area contributed by atoms with Gasteiger partial charge in [0.15, 0.2) is 5.78 Å². The van der Waals surface area contributed by atoms with E-state index in [0.29, 0.717) is 21.8 Å². The van der Waals surface area contributed by atoms with Crippen molar-refractivity contribution in [1.29, 1.82) is 0 Å². The maximum atomic E-state index is 13.9. The third-order valence-electron chi connectivity index (χ3n) is 3.37. The Morgan fingerprint density at radius 3 is 2.45 bits per heavy atom. The number of halogens is 2. The van der Waals surface area contributed by atoms with Crippen molar-refractivity contribution in [3.05, 3.63) is 64.4 Å². The SMILES string of the molecule is CC(C)(C(=O)c1ccc(Cl)c(N)c1)c1ccccc1F. The summed E-state index contributed by atoms with van der Waals surface area (Å²) < 4.78 is 13.9. The highest BCUT2D eigenvalue weighted by Crippen LogP contribution is 2.31. The first-order valence-corrected chi connectivity index (χ1v) is 6.56. The minimum Gasteiger partial charge on any atom is -0.398 e. The smallest absolute Gasteiger partial charge is 0.172 e. The molecule has 2 nitrogen and oxygen atoms in total. The molecule has 0 radical (unpaired) electrons. The number of carbonyl (C=O) groups is 1. The summed E-state index contributed by atoms with van der Waals surface area (Å²) in [6.07, 6.45) is 0. The molecule has 0 saturated heterocycles. The van der Waals surface area contributed by atoms with Gasteiger partial charge in [0, 0.05) is 11.1 Å². The zero-order valence-corrected chi connectivity index (χ0v) is 12.0. The predicted molar refractivity (Wildman–Crippen MR) is 79.6 cm³/mol.